The van der Waals surface area contributed by atoms with Crippen molar-refractivity contribution in [2.24, 2.45) is 0 Å². The second-order valence-electron chi connectivity index (χ2n) is 2.46. The molecule has 0 fully saturated rings. The van der Waals surface area contributed by atoms with Gasteiger partial charge in [-0.3, -0.25) is 0 Å². The average Bonchev–Trinajstić information content (AvgIpc) is 2.30. The van der Waals surface area contributed by atoms with Crippen LogP contribution in [-0.2, 0) is 6.54 Å². The molecule has 0 amide bonds. The van der Waals surface area contributed by atoms with E-state index in [0.29, 0.717) is 6.54 Å². The second-order valence-corrected chi connectivity index (χ2v) is 5.15. The van der Waals surface area contributed by atoms with Crippen LogP contribution >= 0.6 is 47.8 Å². The van der Waals surface area contributed by atoms with Gasteiger partial charge in [-0.25, -0.2) is 0 Å². The summed E-state index contributed by atoms with van der Waals surface area (Å²) in [7, 11) is 0. The van der Waals surface area contributed by atoms with Crippen molar-refractivity contribution in [2.75, 3.05) is 6.54 Å². The van der Waals surface area contributed by atoms with Crippen molar-refractivity contribution in [1.29, 1.82) is 0 Å². The average molecular weight is 374 g/mol. The second kappa shape index (κ2) is 5.34. The Labute approximate surface area is 102 Å². The lowest BCUT2D eigenvalue weighted by Crippen LogP contribution is -2.13. The molecule has 1 heterocycles. The molecule has 0 spiro atoms. The van der Waals surface area contributed by atoms with Crippen LogP contribution in [0.5, 0.6) is 0 Å². The van der Waals surface area contributed by atoms with Gasteiger partial charge in [0.15, 0.2) is 4.67 Å². The lowest BCUT2D eigenvalue weighted by atomic mass is 10.4. The van der Waals surface area contributed by atoms with Crippen LogP contribution in [0.25, 0.3) is 0 Å². The third-order valence-corrected chi connectivity index (χ3v) is 3.30. The Bertz CT molecular complexity index is 289. The molecular formula is C8H8Br3NO. The molecule has 0 aliphatic carbocycles. The highest BCUT2D eigenvalue weighted by Crippen LogP contribution is 2.26. The molecule has 0 saturated heterocycles. The van der Waals surface area contributed by atoms with Gasteiger partial charge in [0.2, 0.25) is 0 Å². The van der Waals surface area contributed by atoms with Gasteiger partial charge in [0.25, 0.3) is 0 Å². The Balaban J connectivity index is 2.41. The normalized spacial score (nSPS) is 10.4. The first kappa shape index (κ1) is 11.5. The molecule has 5 heteroatoms. The summed E-state index contributed by atoms with van der Waals surface area (Å²) in [5.74, 6) is 0.882. The van der Waals surface area contributed by atoms with E-state index in [4.69, 9.17) is 4.42 Å². The fraction of sp³-hybridized carbons (Fsp3) is 0.250. The van der Waals surface area contributed by atoms with Crippen LogP contribution in [-0.4, -0.2) is 6.54 Å². The predicted molar refractivity (Wildman–Crippen MR) is 63.9 cm³/mol. The maximum Gasteiger partial charge on any atom is 0.183 e. The zero-order valence-corrected chi connectivity index (χ0v) is 11.5. The quantitative estimate of drug-likeness (QED) is 0.868. The van der Waals surface area contributed by atoms with E-state index in [1.54, 1.807) is 0 Å². The Morgan fingerprint density at radius 2 is 2.23 bits per heavy atom. The molecule has 0 saturated carbocycles. The Morgan fingerprint density at radius 3 is 2.69 bits per heavy atom. The largest absolute Gasteiger partial charge is 0.452 e. The van der Waals surface area contributed by atoms with Crippen molar-refractivity contribution in [3.8, 4) is 0 Å². The van der Waals surface area contributed by atoms with Gasteiger partial charge < -0.3 is 9.73 Å². The third kappa shape index (κ3) is 3.97. The van der Waals surface area contributed by atoms with Crippen molar-refractivity contribution >= 4 is 47.8 Å². The monoisotopic (exact) mass is 371 g/mol. The summed E-state index contributed by atoms with van der Waals surface area (Å²) in [5, 5.41) is 3.16. The molecule has 0 aromatic carbocycles. The number of halogens is 3. The molecule has 1 N–H and O–H groups in total. The molecule has 0 aliphatic rings. The first-order valence-corrected chi connectivity index (χ1v) is 5.95. The van der Waals surface area contributed by atoms with Gasteiger partial charge in [-0.1, -0.05) is 22.5 Å². The van der Waals surface area contributed by atoms with Crippen LogP contribution in [0.1, 0.15) is 5.76 Å². The number of furan rings is 1. The number of rotatable bonds is 4. The van der Waals surface area contributed by atoms with Crippen molar-refractivity contribution in [2.45, 2.75) is 6.54 Å². The molecule has 13 heavy (non-hydrogen) atoms. The third-order valence-electron chi connectivity index (χ3n) is 1.31. The number of hydrogen-bond donors (Lipinski definition) is 1. The lowest BCUT2D eigenvalue weighted by molar-refractivity contribution is 0.470. The summed E-state index contributed by atoms with van der Waals surface area (Å²) in [4.78, 5) is 0. The molecule has 1 aromatic heterocycles. The van der Waals surface area contributed by atoms with E-state index in [-0.39, 0.29) is 0 Å². The summed E-state index contributed by atoms with van der Waals surface area (Å²) in [6.07, 6.45) is 0. The van der Waals surface area contributed by atoms with Crippen molar-refractivity contribution < 1.29 is 4.42 Å². The zero-order chi connectivity index (χ0) is 9.84. The molecule has 1 rings (SSSR count). The maximum atomic E-state index is 5.36. The van der Waals surface area contributed by atoms with E-state index in [1.807, 2.05) is 6.07 Å². The van der Waals surface area contributed by atoms with Crippen LogP contribution in [0, 0.1) is 0 Å². The van der Waals surface area contributed by atoms with Crippen LogP contribution in [0.15, 0.2) is 30.7 Å². The lowest BCUT2D eigenvalue weighted by Gasteiger charge is -1.99. The zero-order valence-electron chi connectivity index (χ0n) is 6.74. The van der Waals surface area contributed by atoms with Gasteiger partial charge in [0, 0.05) is 11.0 Å². The van der Waals surface area contributed by atoms with Gasteiger partial charge in [-0.2, -0.15) is 0 Å². The predicted octanol–water partition coefficient (Wildman–Crippen LogP) is 3.80. The minimum absolute atomic E-state index is 0.689. The van der Waals surface area contributed by atoms with Crippen LogP contribution in [0.3, 0.4) is 0 Å². The summed E-state index contributed by atoms with van der Waals surface area (Å²) in [5.41, 5.74) is 0. The van der Waals surface area contributed by atoms with E-state index in [2.05, 4.69) is 59.7 Å². The summed E-state index contributed by atoms with van der Waals surface area (Å²) in [6.45, 7) is 5.14. The molecule has 0 radical (unpaired) electrons. The number of hydrogen-bond acceptors (Lipinski definition) is 2. The van der Waals surface area contributed by atoms with E-state index < -0.39 is 0 Å². The molecule has 1 aromatic rings. The van der Waals surface area contributed by atoms with Gasteiger partial charge in [0.1, 0.15) is 5.76 Å². The number of nitrogens with one attached hydrogen (secondary N) is 1. The fourth-order valence-electron chi connectivity index (χ4n) is 0.800. The van der Waals surface area contributed by atoms with E-state index >= 15 is 0 Å². The Hall–Kier alpha value is 0.420. The van der Waals surface area contributed by atoms with Crippen LogP contribution in [0.4, 0.5) is 0 Å². The fourth-order valence-corrected chi connectivity index (χ4v) is 1.66. The van der Waals surface area contributed by atoms with Crippen molar-refractivity contribution in [3.63, 3.8) is 0 Å². The van der Waals surface area contributed by atoms with E-state index in [0.717, 1.165) is 25.9 Å². The van der Waals surface area contributed by atoms with Gasteiger partial charge >= 0.3 is 0 Å². The Kier molecular flexibility index (Phi) is 4.72. The van der Waals surface area contributed by atoms with Crippen molar-refractivity contribution in [3.05, 3.63) is 32.0 Å². The molecule has 0 unspecified atom stereocenters. The molecule has 72 valence electrons. The van der Waals surface area contributed by atoms with Gasteiger partial charge in [-0.05, 0) is 37.9 Å². The summed E-state index contributed by atoms with van der Waals surface area (Å²) < 4.78 is 7.94. The minimum Gasteiger partial charge on any atom is -0.452 e. The highest BCUT2D eigenvalue weighted by Gasteiger charge is 2.04. The Morgan fingerprint density at radius 1 is 1.54 bits per heavy atom. The molecular weight excluding hydrogens is 366 g/mol. The first-order valence-electron chi connectivity index (χ1n) is 3.57. The highest BCUT2D eigenvalue weighted by molar-refractivity contribution is 9.13. The molecule has 0 aliphatic heterocycles. The smallest absolute Gasteiger partial charge is 0.183 e. The van der Waals surface area contributed by atoms with Gasteiger partial charge in [-0.15, -0.1) is 0 Å². The summed E-state index contributed by atoms with van der Waals surface area (Å²) in [6, 6.07) is 1.92. The molecule has 0 bridgehead atoms. The SMILES string of the molecule is C=C(Br)CNCc1cc(Br)c(Br)o1. The van der Waals surface area contributed by atoms with Gasteiger partial charge in [0.05, 0.1) is 11.0 Å². The van der Waals surface area contributed by atoms with E-state index in [1.165, 1.54) is 0 Å². The van der Waals surface area contributed by atoms with Crippen LogP contribution in [0.2, 0.25) is 0 Å². The highest BCUT2D eigenvalue weighted by atomic mass is 79.9. The summed E-state index contributed by atoms with van der Waals surface area (Å²) >= 11 is 9.87. The maximum absolute atomic E-state index is 5.36. The van der Waals surface area contributed by atoms with Crippen LogP contribution < -0.4 is 5.32 Å². The first-order chi connectivity index (χ1) is 6.09. The standard InChI is InChI=1S/C8H8Br3NO/c1-5(9)3-12-4-6-2-7(10)8(11)13-6/h2,12H,1,3-4H2. The van der Waals surface area contributed by atoms with Crippen molar-refractivity contribution in [1.82, 2.24) is 5.32 Å². The molecule has 2 nitrogen and oxygen atoms in total. The topological polar surface area (TPSA) is 25.2 Å². The van der Waals surface area contributed by atoms with E-state index in [9.17, 15) is 0 Å². The molecule has 0 atom stereocenters. The minimum atomic E-state index is 0.689.